The van der Waals surface area contributed by atoms with Gasteiger partial charge in [0, 0.05) is 11.4 Å². The second-order valence-electron chi connectivity index (χ2n) is 5.28. The molecule has 1 atom stereocenters. The van der Waals surface area contributed by atoms with E-state index in [1.165, 1.54) is 4.88 Å². The Labute approximate surface area is 108 Å². The first kappa shape index (κ1) is 14.2. The van der Waals surface area contributed by atoms with Gasteiger partial charge in [0.15, 0.2) is 0 Å². The Bertz CT molecular complexity index is 354. The van der Waals surface area contributed by atoms with Gasteiger partial charge in [-0.1, -0.05) is 26.8 Å². The molecule has 0 aliphatic carbocycles. The molecule has 1 aromatic heterocycles. The minimum absolute atomic E-state index is 0.0356. The average Bonchev–Trinajstić information content (AvgIpc) is 2.75. The highest BCUT2D eigenvalue weighted by atomic mass is 32.1. The van der Waals surface area contributed by atoms with Crippen molar-refractivity contribution < 1.29 is 4.79 Å². The second-order valence-corrected chi connectivity index (χ2v) is 6.31. The maximum Gasteiger partial charge on any atom is 0.240 e. The number of likely N-dealkylation sites (N-methyl/N-ethyl adjacent to an activating group) is 1. The number of hydrogen-bond acceptors (Lipinski definition) is 3. The number of nitrogens with zero attached hydrogens (tertiary/aromatic N) is 1. The molecule has 1 aromatic rings. The van der Waals surface area contributed by atoms with Gasteiger partial charge < -0.3 is 10.6 Å². The summed E-state index contributed by atoms with van der Waals surface area (Å²) < 4.78 is 0. The van der Waals surface area contributed by atoms with Crippen molar-refractivity contribution in [3.8, 4) is 0 Å². The molecule has 0 fully saturated rings. The SMILES string of the molecule is CCN(Cc1cccs1)C(=O)[C@H](N)C(C)(C)C. The monoisotopic (exact) mass is 254 g/mol. The Morgan fingerprint density at radius 3 is 2.59 bits per heavy atom. The maximum atomic E-state index is 12.3. The van der Waals surface area contributed by atoms with Crippen molar-refractivity contribution in [2.75, 3.05) is 6.54 Å². The highest BCUT2D eigenvalue weighted by Crippen LogP contribution is 2.20. The van der Waals surface area contributed by atoms with Crippen molar-refractivity contribution >= 4 is 17.2 Å². The summed E-state index contributed by atoms with van der Waals surface area (Å²) in [5.41, 5.74) is 5.82. The molecule has 1 amide bonds. The molecular weight excluding hydrogens is 232 g/mol. The summed E-state index contributed by atoms with van der Waals surface area (Å²) in [6.07, 6.45) is 0. The van der Waals surface area contributed by atoms with Crippen LogP contribution in [0.4, 0.5) is 0 Å². The van der Waals surface area contributed by atoms with Crippen molar-refractivity contribution in [1.82, 2.24) is 4.90 Å². The van der Waals surface area contributed by atoms with E-state index in [-0.39, 0.29) is 11.3 Å². The van der Waals surface area contributed by atoms with Gasteiger partial charge in [0.05, 0.1) is 12.6 Å². The van der Waals surface area contributed by atoms with Crippen LogP contribution in [0.3, 0.4) is 0 Å². The molecule has 0 aliphatic rings. The lowest BCUT2D eigenvalue weighted by molar-refractivity contribution is -0.135. The number of carbonyl (C=O) groups is 1. The fourth-order valence-corrected chi connectivity index (χ4v) is 2.22. The van der Waals surface area contributed by atoms with Gasteiger partial charge in [-0.05, 0) is 23.8 Å². The van der Waals surface area contributed by atoms with E-state index in [1.807, 2.05) is 50.1 Å². The van der Waals surface area contributed by atoms with Crippen LogP contribution in [0.25, 0.3) is 0 Å². The number of carbonyl (C=O) groups excluding carboxylic acids is 1. The van der Waals surface area contributed by atoms with Gasteiger partial charge in [0.1, 0.15) is 0 Å². The summed E-state index contributed by atoms with van der Waals surface area (Å²) in [7, 11) is 0. The third-order valence-electron chi connectivity index (χ3n) is 2.82. The summed E-state index contributed by atoms with van der Waals surface area (Å²) in [4.78, 5) is 15.3. The minimum Gasteiger partial charge on any atom is -0.336 e. The van der Waals surface area contributed by atoms with Gasteiger partial charge in [-0.2, -0.15) is 0 Å². The predicted octanol–water partition coefficient (Wildman–Crippen LogP) is 2.47. The molecule has 0 unspecified atom stereocenters. The molecule has 0 saturated carbocycles. The number of amides is 1. The van der Waals surface area contributed by atoms with E-state index >= 15 is 0 Å². The Hall–Kier alpha value is -0.870. The molecule has 1 rings (SSSR count). The van der Waals surface area contributed by atoms with E-state index in [4.69, 9.17) is 5.73 Å². The molecular formula is C13H22N2OS. The molecule has 96 valence electrons. The average molecular weight is 254 g/mol. The molecule has 0 aliphatic heterocycles. The summed E-state index contributed by atoms with van der Waals surface area (Å²) in [6, 6.07) is 3.60. The normalized spacial score (nSPS) is 13.5. The molecule has 4 heteroatoms. The lowest BCUT2D eigenvalue weighted by Crippen LogP contribution is -2.50. The summed E-state index contributed by atoms with van der Waals surface area (Å²) in [5, 5.41) is 2.03. The zero-order valence-corrected chi connectivity index (χ0v) is 11.9. The Balaban J connectivity index is 2.71. The van der Waals surface area contributed by atoms with E-state index in [9.17, 15) is 4.79 Å². The van der Waals surface area contributed by atoms with Gasteiger partial charge in [-0.25, -0.2) is 0 Å². The lowest BCUT2D eigenvalue weighted by Gasteiger charge is -2.31. The largest absolute Gasteiger partial charge is 0.336 e. The highest BCUT2D eigenvalue weighted by molar-refractivity contribution is 7.09. The van der Waals surface area contributed by atoms with Crippen LogP contribution in [0.1, 0.15) is 32.6 Å². The summed E-state index contributed by atoms with van der Waals surface area (Å²) in [5.74, 6) is 0.0356. The van der Waals surface area contributed by atoms with E-state index in [0.717, 1.165) is 0 Å². The second kappa shape index (κ2) is 5.65. The fraction of sp³-hybridized carbons (Fsp3) is 0.615. The number of nitrogens with two attached hydrogens (primary N) is 1. The summed E-state index contributed by atoms with van der Waals surface area (Å²) >= 11 is 1.67. The van der Waals surface area contributed by atoms with Gasteiger partial charge in [-0.3, -0.25) is 4.79 Å². The topological polar surface area (TPSA) is 46.3 Å². The van der Waals surface area contributed by atoms with Crippen LogP contribution in [0.5, 0.6) is 0 Å². The van der Waals surface area contributed by atoms with Crippen LogP contribution in [-0.4, -0.2) is 23.4 Å². The van der Waals surface area contributed by atoms with E-state index in [0.29, 0.717) is 13.1 Å². The Morgan fingerprint density at radius 2 is 2.18 bits per heavy atom. The standard InChI is InChI=1S/C13H22N2OS/c1-5-15(9-10-7-6-8-17-10)12(16)11(14)13(2,3)4/h6-8,11H,5,9,14H2,1-4H3/t11-/m0/s1. The first-order chi connectivity index (χ1) is 7.86. The van der Waals surface area contributed by atoms with Crippen molar-refractivity contribution in [3.05, 3.63) is 22.4 Å². The zero-order valence-electron chi connectivity index (χ0n) is 11.1. The molecule has 0 bridgehead atoms. The number of hydrogen-bond donors (Lipinski definition) is 1. The molecule has 0 aromatic carbocycles. The molecule has 0 radical (unpaired) electrons. The predicted molar refractivity (Wildman–Crippen MR) is 72.8 cm³/mol. The maximum absolute atomic E-state index is 12.3. The van der Waals surface area contributed by atoms with Crippen LogP contribution in [-0.2, 0) is 11.3 Å². The van der Waals surface area contributed by atoms with Crippen molar-refractivity contribution in [2.45, 2.75) is 40.3 Å². The number of thiophene rings is 1. The molecule has 17 heavy (non-hydrogen) atoms. The van der Waals surface area contributed by atoms with Crippen LogP contribution in [0.2, 0.25) is 0 Å². The van der Waals surface area contributed by atoms with Crippen molar-refractivity contribution in [3.63, 3.8) is 0 Å². The van der Waals surface area contributed by atoms with Gasteiger partial charge >= 0.3 is 0 Å². The molecule has 2 N–H and O–H groups in total. The van der Waals surface area contributed by atoms with E-state index in [1.54, 1.807) is 11.3 Å². The number of rotatable bonds is 4. The first-order valence-corrected chi connectivity index (χ1v) is 6.81. The lowest BCUT2D eigenvalue weighted by atomic mass is 9.86. The van der Waals surface area contributed by atoms with E-state index < -0.39 is 6.04 Å². The Morgan fingerprint density at radius 1 is 1.53 bits per heavy atom. The molecule has 1 heterocycles. The highest BCUT2D eigenvalue weighted by Gasteiger charge is 2.30. The van der Waals surface area contributed by atoms with Crippen molar-refractivity contribution in [1.29, 1.82) is 0 Å². The van der Waals surface area contributed by atoms with Crippen LogP contribution in [0.15, 0.2) is 17.5 Å². The molecule has 0 spiro atoms. The molecule has 0 saturated heterocycles. The quantitative estimate of drug-likeness (QED) is 0.897. The fourth-order valence-electron chi connectivity index (χ4n) is 1.50. The van der Waals surface area contributed by atoms with Crippen LogP contribution >= 0.6 is 11.3 Å². The smallest absolute Gasteiger partial charge is 0.240 e. The Kier molecular flexibility index (Phi) is 4.71. The van der Waals surface area contributed by atoms with E-state index in [2.05, 4.69) is 0 Å². The van der Waals surface area contributed by atoms with Crippen molar-refractivity contribution in [2.24, 2.45) is 11.1 Å². The summed E-state index contributed by atoms with van der Waals surface area (Å²) in [6.45, 7) is 9.33. The van der Waals surface area contributed by atoms with Gasteiger partial charge in [-0.15, -0.1) is 11.3 Å². The van der Waals surface area contributed by atoms with Gasteiger partial charge in [0.2, 0.25) is 5.91 Å². The van der Waals surface area contributed by atoms with Crippen LogP contribution < -0.4 is 5.73 Å². The molecule has 3 nitrogen and oxygen atoms in total. The van der Waals surface area contributed by atoms with Gasteiger partial charge in [0.25, 0.3) is 0 Å². The zero-order chi connectivity index (χ0) is 13.1. The van der Waals surface area contributed by atoms with Crippen LogP contribution in [0, 0.1) is 5.41 Å². The first-order valence-electron chi connectivity index (χ1n) is 5.93. The third kappa shape index (κ3) is 3.82. The third-order valence-corrected chi connectivity index (χ3v) is 3.68. The minimum atomic E-state index is -0.442.